The van der Waals surface area contributed by atoms with E-state index in [-0.39, 0.29) is 18.1 Å². The monoisotopic (exact) mass is 287 g/mol. The highest BCUT2D eigenvalue weighted by Gasteiger charge is 2.07. The average Bonchev–Trinajstić information content (AvgIpc) is 2.51. The lowest BCUT2D eigenvalue weighted by Gasteiger charge is -2.07. The Bertz CT molecular complexity index is 632. The third-order valence-electron chi connectivity index (χ3n) is 2.77. The van der Waals surface area contributed by atoms with Crippen molar-refractivity contribution in [3.8, 4) is 0 Å². The second kappa shape index (κ2) is 7.14. The summed E-state index contributed by atoms with van der Waals surface area (Å²) in [5.41, 5.74) is 5.68. The number of nitrogens with one attached hydrogen (secondary N) is 2. The molecule has 0 atom stereocenters. The number of nitrogens with zero attached hydrogens (tertiary/aromatic N) is 1. The Labute approximate surface area is 121 Å². The first-order chi connectivity index (χ1) is 10.1. The van der Waals surface area contributed by atoms with Gasteiger partial charge in [0.05, 0.1) is 5.56 Å². The van der Waals surface area contributed by atoms with Crippen LogP contribution in [-0.2, 0) is 11.2 Å². The highest BCUT2D eigenvalue weighted by molar-refractivity contribution is 5.95. The van der Waals surface area contributed by atoms with Crippen LogP contribution >= 0.6 is 0 Å². The Hall–Kier alpha value is -2.76. The molecule has 2 amide bonds. The minimum absolute atomic E-state index is 0.150. The molecule has 1 aromatic carbocycles. The quantitative estimate of drug-likeness (QED) is 0.839. The van der Waals surface area contributed by atoms with Crippen LogP contribution in [0.2, 0.25) is 0 Å². The third-order valence-corrected chi connectivity index (χ3v) is 2.77. The highest BCUT2D eigenvalue weighted by atomic mass is 19.1. The number of hydrazine groups is 1. The fourth-order valence-electron chi connectivity index (χ4n) is 1.71. The smallest absolute Gasteiger partial charge is 0.271 e. The summed E-state index contributed by atoms with van der Waals surface area (Å²) >= 11 is 0. The third kappa shape index (κ3) is 4.68. The molecule has 0 aliphatic rings. The zero-order chi connectivity index (χ0) is 15.1. The number of aryl methyl sites for hydroxylation is 1. The predicted molar refractivity (Wildman–Crippen MR) is 74.6 cm³/mol. The molecule has 0 saturated heterocycles. The van der Waals surface area contributed by atoms with Gasteiger partial charge >= 0.3 is 0 Å². The summed E-state index contributed by atoms with van der Waals surface area (Å²) in [5.74, 6) is -1.13. The first-order valence-corrected chi connectivity index (χ1v) is 6.39. The van der Waals surface area contributed by atoms with Gasteiger partial charge in [0.15, 0.2) is 0 Å². The number of carbonyl (C=O) groups excluding carboxylic acids is 2. The molecule has 0 unspecified atom stereocenters. The molecule has 2 N–H and O–H groups in total. The van der Waals surface area contributed by atoms with Crippen LogP contribution in [0.25, 0.3) is 0 Å². The molecule has 0 saturated carbocycles. The van der Waals surface area contributed by atoms with E-state index in [1.165, 1.54) is 18.3 Å². The number of hydrogen-bond acceptors (Lipinski definition) is 3. The lowest BCUT2D eigenvalue weighted by molar-refractivity contribution is -0.121. The van der Waals surface area contributed by atoms with Gasteiger partial charge in [0, 0.05) is 18.8 Å². The van der Waals surface area contributed by atoms with Crippen LogP contribution in [0.4, 0.5) is 4.39 Å². The number of halogens is 1. The summed E-state index contributed by atoms with van der Waals surface area (Å²) in [5, 5.41) is 0. The Morgan fingerprint density at radius 1 is 1.14 bits per heavy atom. The van der Waals surface area contributed by atoms with Gasteiger partial charge in [-0.15, -0.1) is 0 Å². The zero-order valence-electron chi connectivity index (χ0n) is 11.2. The molecule has 1 heterocycles. The van der Waals surface area contributed by atoms with Crippen LogP contribution in [0.15, 0.2) is 48.8 Å². The van der Waals surface area contributed by atoms with E-state index in [9.17, 15) is 14.0 Å². The number of rotatable bonds is 4. The van der Waals surface area contributed by atoms with E-state index >= 15 is 0 Å². The van der Waals surface area contributed by atoms with E-state index in [1.807, 2.05) is 0 Å². The van der Waals surface area contributed by atoms with Crippen molar-refractivity contribution in [2.45, 2.75) is 12.8 Å². The molecule has 0 aliphatic heterocycles. The molecular formula is C15H14FN3O2. The first-order valence-electron chi connectivity index (χ1n) is 6.39. The summed E-state index contributed by atoms with van der Waals surface area (Å²) in [6.45, 7) is 0. The van der Waals surface area contributed by atoms with Gasteiger partial charge in [-0.05, 0) is 36.2 Å². The van der Waals surface area contributed by atoms with Gasteiger partial charge in [-0.2, -0.15) is 0 Å². The molecule has 0 fully saturated rings. The molecule has 0 aliphatic carbocycles. The fraction of sp³-hybridized carbons (Fsp3) is 0.133. The summed E-state index contributed by atoms with van der Waals surface area (Å²) in [6.07, 6.45) is 3.49. The van der Waals surface area contributed by atoms with Crippen molar-refractivity contribution in [2.75, 3.05) is 0 Å². The Morgan fingerprint density at radius 3 is 2.71 bits per heavy atom. The molecular weight excluding hydrogens is 273 g/mol. The first kappa shape index (κ1) is 14.6. The summed E-state index contributed by atoms with van der Waals surface area (Å²) < 4.78 is 13.0. The minimum Gasteiger partial charge on any atom is -0.273 e. The molecule has 0 radical (unpaired) electrons. The molecule has 6 heteroatoms. The van der Waals surface area contributed by atoms with E-state index in [0.717, 1.165) is 5.56 Å². The number of benzene rings is 1. The van der Waals surface area contributed by atoms with Crippen LogP contribution in [0, 0.1) is 5.82 Å². The van der Waals surface area contributed by atoms with E-state index in [0.29, 0.717) is 12.0 Å². The van der Waals surface area contributed by atoms with E-state index in [2.05, 4.69) is 15.8 Å². The van der Waals surface area contributed by atoms with Gasteiger partial charge in [0.1, 0.15) is 5.82 Å². The number of hydrogen-bond donors (Lipinski definition) is 2. The van der Waals surface area contributed by atoms with Crippen molar-refractivity contribution < 1.29 is 14.0 Å². The fourth-order valence-corrected chi connectivity index (χ4v) is 1.71. The van der Waals surface area contributed by atoms with Crippen LogP contribution in [0.3, 0.4) is 0 Å². The Balaban J connectivity index is 1.76. The SMILES string of the molecule is O=C(CCc1cccc(F)c1)NNC(=O)c1cccnc1. The minimum atomic E-state index is -0.442. The predicted octanol–water partition coefficient (Wildman–Crippen LogP) is 1.61. The van der Waals surface area contributed by atoms with Crippen LogP contribution in [0.5, 0.6) is 0 Å². The molecule has 108 valence electrons. The molecule has 1 aromatic heterocycles. The van der Waals surface area contributed by atoms with Crippen molar-refractivity contribution >= 4 is 11.8 Å². The van der Waals surface area contributed by atoms with Gasteiger partial charge in [-0.25, -0.2) is 4.39 Å². The van der Waals surface area contributed by atoms with Gasteiger partial charge in [-0.3, -0.25) is 25.4 Å². The van der Waals surface area contributed by atoms with Crippen LogP contribution < -0.4 is 10.9 Å². The summed E-state index contributed by atoms with van der Waals surface area (Å²) in [6, 6.07) is 9.26. The lowest BCUT2D eigenvalue weighted by atomic mass is 10.1. The normalized spacial score (nSPS) is 9.95. The number of aromatic nitrogens is 1. The van der Waals surface area contributed by atoms with Crippen LogP contribution in [-0.4, -0.2) is 16.8 Å². The summed E-state index contributed by atoms with van der Waals surface area (Å²) in [4.78, 5) is 27.1. The second-order valence-electron chi connectivity index (χ2n) is 4.37. The number of carbonyl (C=O) groups is 2. The van der Waals surface area contributed by atoms with Crippen molar-refractivity contribution in [3.63, 3.8) is 0 Å². The van der Waals surface area contributed by atoms with Crippen molar-refractivity contribution in [1.82, 2.24) is 15.8 Å². The maximum atomic E-state index is 13.0. The zero-order valence-corrected chi connectivity index (χ0v) is 11.2. The summed E-state index contributed by atoms with van der Waals surface area (Å²) in [7, 11) is 0. The topological polar surface area (TPSA) is 71.1 Å². The Kier molecular flexibility index (Phi) is 4.98. The molecule has 0 spiro atoms. The maximum absolute atomic E-state index is 13.0. The molecule has 2 rings (SSSR count). The standard InChI is InChI=1S/C15H14FN3O2/c16-13-5-1-3-11(9-13)6-7-14(20)18-19-15(21)12-4-2-8-17-10-12/h1-5,8-10H,6-7H2,(H,18,20)(H,19,21). The van der Waals surface area contributed by atoms with Crippen molar-refractivity contribution in [2.24, 2.45) is 0 Å². The molecule has 21 heavy (non-hydrogen) atoms. The number of pyridine rings is 1. The lowest BCUT2D eigenvalue weighted by Crippen LogP contribution is -2.41. The second-order valence-corrected chi connectivity index (χ2v) is 4.37. The van der Waals surface area contributed by atoms with E-state index in [4.69, 9.17) is 0 Å². The highest BCUT2D eigenvalue weighted by Crippen LogP contribution is 2.05. The van der Waals surface area contributed by atoms with Gasteiger partial charge in [0.2, 0.25) is 5.91 Å². The van der Waals surface area contributed by atoms with Gasteiger partial charge in [-0.1, -0.05) is 12.1 Å². The van der Waals surface area contributed by atoms with Crippen molar-refractivity contribution in [1.29, 1.82) is 0 Å². The van der Waals surface area contributed by atoms with E-state index in [1.54, 1.807) is 30.5 Å². The van der Waals surface area contributed by atoms with Crippen molar-refractivity contribution in [3.05, 3.63) is 65.7 Å². The maximum Gasteiger partial charge on any atom is 0.271 e. The molecule has 5 nitrogen and oxygen atoms in total. The van der Waals surface area contributed by atoms with Gasteiger partial charge in [0.25, 0.3) is 5.91 Å². The molecule has 0 bridgehead atoms. The van der Waals surface area contributed by atoms with Crippen LogP contribution in [0.1, 0.15) is 22.3 Å². The average molecular weight is 287 g/mol. The Morgan fingerprint density at radius 2 is 2.00 bits per heavy atom. The van der Waals surface area contributed by atoms with Gasteiger partial charge < -0.3 is 0 Å². The van der Waals surface area contributed by atoms with E-state index < -0.39 is 5.91 Å². The molecule has 2 aromatic rings. The number of amides is 2. The largest absolute Gasteiger partial charge is 0.273 e.